The van der Waals surface area contributed by atoms with Crippen LogP contribution in [0.1, 0.15) is 0 Å². The fraction of sp³-hybridized carbons (Fsp3) is 0. The Morgan fingerprint density at radius 1 is 0.351 bits per heavy atom. The van der Waals surface area contributed by atoms with Gasteiger partial charge in [-0.25, -0.2) is 9.97 Å². The smallest absolute Gasteiger partial charge is 0.160 e. The Bertz CT molecular complexity index is 3450. The van der Waals surface area contributed by atoms with E-state index in [2.05, 4.69) is 185 Å². The van der Waals surface area contributed by atoms with Gasteiger partial charge in [-0.3, -0.25) is 0 Å². The monoisotopic (exact) mass is 728 g/mol. The van der Waals surface area contributed by atoms with Gasteiger partial charge in [-0.2, -0.15) is 0 Å². The first-order valence-corrected chi connectivity index (χ1v) is 19.3. The van der Waals surface area contributed by atoms with E-state index in [4.69, 9.17) is 14.4 Å². The molecule has 4 aromatic heterocycles. The zero-order valence-corrected chi connectivity index (χ0v) is 30.7. The summed E-state index contributed by atoms with van der Waals surface area (Å²) in [4.78, 5) is 10.4. The highest BCUT2D eigenvalue weighted by molar-refractivity contribution is 6.27. The van der Waals surface area contributed by atoms with E-state index in [1.54, 1.807) is 0 Å². The van der Waals surface area contributed by atoms with E-state index in [-0.39, 0.29) is 0 Å². The van der Waals surface area contributed by atoms with Gasteiger partial charge in [0.2, 0.25) is 0 Å². The average Bonchev–Trinajstić information content (AvgIpc) is 3.95. The summed E-state index contributed by atoms with van der Waals surface area (Å²) in [5, 5.41) is 6.90. The average molecular weight is 729 g/mol. The van der Waals surface area contributed by atoms with Crippen LogP contribution >= 0.6 is 0 Å². The lowest BCUT2D eigenvalue weighted by atomic mass is 10.1. The molecule has 12 aromatic rings. The second kappa shape index (κ2) is 12.4. The highest BCUT2D eigenvalue weighted by Gasteiger charge is 2.24. The van der Waals surface area contributed by atoms with E-state index in [9.17, 15) is 0 Å². The first-order valence-electron chi connectivity index (χ1n) is 19.3. The van der Waals surface area contributed by atoms with Crippen molar-refractivity contribution < 1.29 is 4.42 Å². The van der Waals surface area contributed by atoms with Gasteiger partial charge in [0.25, 0.3) is 0 Å². The van der Waals surface area contributed by atoms with E-state index in [0.717, 1.165) is 94.2 Å². The molecular formula is C52H32N4O. The molecule has 0 aliphatic rings. The molecule has 12 rings (SSSR count). The maximum Gasteiger partial charge on any atom is 0.160 e. The van der Waals surface area contributed by atoms with Gasteiger partial charge in [-0.15, -0.1) is 0 Å². The number of benzene rings is 8. The SMILES string of the molecule is c1ccc(-c2cc(-c3ccccc3)nc(-c3cccc(-n4c5ccccc5c5ccc6c7ccc8c9ccccc9oc8c7n(-c7ccccc7)c6c54)c3)n2)cc1. The number of aromatic nitrogens is 4. The normalized spacial score (nSPS) is 11.9. The fourth-order valence-corrected chi connectivity index (χ4v) is 8.79. The lowest BCUT2D eigenvalue weighted by molar-refractivity contribution is 0.671. The predicted octanol–water partition coefficient (Wildman–Crippen LogP) is 13.6. The van der Waals surface area contributed by atoms with Crippen molar-refractivity contribution >= 4 is 65.6 Å². The van der Waals surface area contributed by atoms with Gasteiger partial charge in [0.15, 0.2) is 11.4 Å². The quantitative estimate of drug-likeness (QED) is 0.177. The Labute approximate surface area is 327 Å². The van der Waals surface area contributed by atoms with Crippen LogP contribution in [-0.4, -0.2) is 19.1 Å². The molecule has 0 spiro atoms. The summed E-state index contributed by atoms with van der Waals surface area (Å²) in [6, 6.07) is 68.2. The number of hydrogen-bond acceptors (Lipinski definition) is 3. The Morgan fingerprint density at radius 2 is 0.877 bits per heavy atom. The number of fused-ring (bicyclic) bond motifs is 11. The molecule has 4 heterocycles. The molecule has 0 aliphatic carbocycles. The van der Waals surface area contributed by atoms with Gasteiger partial charge in [-0.1, -0.05) is 146 Å². The van der Waals surface area contributed by atoms with Gasteiger partial charge < -0.3 is 13.6 Å². The molecule has 5 nitrogen and oxygen atoms in total. The van der Waals surface area contributed by atoms with Crippen LogP contribution in [0.3, 0.4) is 0 Å². The molecule has 0 N–H and O–H groups in total. The lowest BCUT2D eigenvalue weighted by Gasteiger charge is -2.14. The first-order chi connectivity index (χ1) is 28.3. The maximum absolute atomic E-state index is 6.75. The van der Waals surface area contributed by atoms with Crippen molar-refractivity contribution in [3.8, 4) is 45.3 Å². The van der Waals surface area contributed by atoms with Gasteiger partial charge in [-0.05, 0) is 48.5 Å². The van der Waals surface area contributed by atoms with Crippen LogP contribution in [0.4, 0.5) is 0 Å². The molecule has 0 unspecified atom stereocenters. The molecule has 0 bridgehead atoms. The predicted molar refractivity (Wildman–Crippen MR) is 234 cm³/mol. The number of hydrogen-bond donors (Lipinski definition) is 0. The van der Waals surface area contributed by atoms with Gasteiger partial charge >= 0.3 is 0 Å². The second-order valence-electron chi connectivity index (χ2n) is 14.6. The first kappa shape index (κ1) is 31.6. The van der Waals surface area contributed by atoms with Crippen LogP contribution in [0.2, 0.25) is 0 Å². The van der Waals surface area contributed by atoms with Crippen LogP contribution in [0.15, 0.2) is 199 Å². The molecule has 0 amide bonds. The van der Waals surface area contributed by atoms with Crippen molar-refractivity contribution in [1.82, 2.24) is 19.1 Å². The Kier molecular flexibility index (Phi) is 6.86. The Hall–Kier alpha value is -7.76. The lowest BCUT2D eigenvalue weighted by Crippen LogP contribution is -2.00. The van der Waals surface area contributed by atoms with Crippen LogP contribution < -0.4 is 0 Å². The van der Waals surface area contributed by atoms with Gasteiger partial charge in [0.05, 0.1) is 33.5 Å². The third kappa shape index (κ3) is 4.82. The maximum atomic E-state index is 6.75. The summed E-state index contributed by atoms with van der Waals surface area (Å²) in [6.45, 7) is 0. The van der Waals surface area contributed by atoms with Crippen molar-refractivity contribution in [2.45, 2.75) is 0 Å². The van der Waals surface area contributed by atoms with Crippen molar-refractivity contribution in [3.63, 3.8) is 0 Å². The minimum Gasteiger partial charge on any atom is -0.454 e. The van der Waals surface area contributed by atoms with Crippen LogP contribution in [-0.2, 0) is 0 Å². The topological polar surface area (TPSA) is 48.8 Å². The van der Waals surface area contributed by atoms with Crippen LogP contribution in [0.5, 0.6) is 0 Å². The van der Waals surface area contributed by atoms with Crippen molar-refractivity contribution in [1.29, 1.82) is 0 Å². The van der Waals surface area contributed by atoms with Gasteiger partial charge in [0.1, 0.15) is 5.58 Å². The van der Waals surface area contributed by atoms with E-state index in [1.165, 1.54) is 10.8 Å². The number of nitrogens with zero attached hydrogens (tertiary/aromatic N) is 4. The minimum atomic E-state index is 0.675. The summed E-state index contributed by atoms with van der Waals surface area (Å²) in [5.74, 6) is 0.675. The summed E-state index contributed by atoms with van der Waals surface area (Å²) in [5.41, 5.74) is 13.1. The highest BCUT2D eigenvalue weighted by atomic mass is 16.3. The minimum absolute atomic E-state index is 0.675. The van der Waals surface area contributed by atoms with E-state index >= 15 is 0 Å². The van der Waals surface area contributed by atoms with Crippen molar-refractivity contribution in [2.24, 2.45) is 0 Å². The number of rotatable bonds is 5. The summed E-state index contributed by atoms with van der Waals surface area (Å²) < 4.78 is 11.6. The number of furan rings is 1. The second-order valence-corrected chi connectivity index (χ2v) is 14.6. The molecule has 266 valence electrons. The summed E-state index contributed by atoms with van der Waals surface area (Å²) >= 11 is 0. The Balaban J connectivity index is 1.18. The zero-order valence-electron chi connectivity index (χ0n) is 30.7. The molecule has 0 aliphatic heterocycles. The molecule has 0 radical (unpaired) electrons. The largest absolute Gasteiger partial charge is 0.454 e. The van der Waals surface area contributed by atoms with E-state index in [1.807, 2.05) is 18.2 Å². The standard InChI is InChI=1S/C52H32N4O/c1-4-15-33(16-5-1)44-32-45(34-17-6-2-7-18-34)54-52(53-44)35-19-14-22-37(31-35)55-46-25-12-10-23-38(46)40-27-28-41-42-29-30-43-39-24-11-13-26-47(39)57-51(43)50(42)56(49(41)48(40)55)36-20-8-3-9-21-36/h1-32H. The molecule has 57 heavy (non-hydrogen) atoms. The molecule has 0 saturated carbocycles. The zero-order chi connectivity index (χ0) is 37.5. The highest BCUT2D eigenvalue weighted by Crippen LogP contribution is 2.45. The van der Waals surface area contributed by atoms with Crippen LogP contribution in [0.25, 0.3) is 111 Å². The van der Waals surface area contributed by atoms with Gasteiger partial charge in [0, 0.05) is 60.4 Å². The molecule has 0 atom stereocenters. The summed E-state index contributed by atoms with van der Waals surface area (Å²) in [6.07, 6.45) is 0. The van der Waals surface area contributed by atoms with Crippen LogP contribution in [0, 0.1) is 0 Å². The summed E-state index contributed by atoms with van der Waals surface area (Å²) in [7, 11) is 0. The molecule has 8 aromatic carbocycles. The number of para-hydroxylation sites is 3. The van der Waals surface area contributed by atoms with E-state index < -0.39 is 0 Å². The van der Waals surface area contributed by atoms with Crippen molar-refractivity contribution in [3.05, 3.63) is 194 Å². The van der Waals surface area contributed by atoms with Crippen molar-refractivity contribution in [2.75, 3.05) is 0 Å². The Morgan fingerprint density at radius 3 is 1.60 bits per heavy atom. The molecule has 0 saturated heterocycles. The molecule has 5 heteroatoms. The molecular weight excluding hydrogens is 697 g/mol. The van der Waals surface area contributed by atoms with E-state index in [0.29, 0.717) is 5.82 Å². The fourth-order valence-electron chi connectivity index (χ4n) is 8.79. The third-order valence-electron chi connectivity index (χ3n) is 11.3. The third-order valence-corrected chi connectivity index (χ3v) is 11.3. The molecule has 0 fully saturated rings.